The fourth-order valence-corrected chi connectivity index (χ4v) is 2.03. The quantitative estimate of drug-likeness (QED) is 0.604. The van der Waals surface area contributed by atoms with Gasteiger partial charge in [-0.05, 0) is 23.6 Å². The summed E-state index contributed by atoms with van der Waals surface area (Å²) in [6.07, 6.45) is 3.35. The van der Waals surface area contributed by atoms with Gasteiger partial charge in [0.15, 0.2) is 0 Å². The third kappa shape index (κ3) is 1.29. The van der Waals surface area contributed by atoms with Crippen LogP contribution >= 0.6 is 11.6 Å². The van der Waals surface area contributed by atoms with Gasteiger partial charge in [-0.15, -0.1) is 0 Å². The molecule has 0 atom stereocenters. The van der Waals surface area contributed by atoms with Crippen LogP contribution < -0.4 is 5.56 Å². The Balaban J connectivity index is 2.65. The summed E-state index contributed by atoms with van der Waals surface area (Å²) < 4.78 is 0. The highest BCUT2D eigenvalue weighted by atomic mass is 35.5. The molecule has 2 heterocycles. The molecule has 0 saturated carbocycles. The minimum Gasteiger partial charge on any atom is -0.320 e. The van der Waals surface area contributed by atoms with Crippen molar-refractivity contribution in [2.45, 2.75) is 0 Å². The first-order chi connectivity index (χ1) is 7.75. The van der Waals surface area contributed by atoms with Crippen LogP contribution in [-0.2, 0) is 0 Å². The molecule has 16 heavy (non-hydrogen) atoms. The molecule has 0 aliphatic heterocycles. The second kappa shape index (κ2) is 3.32. The molecule has 2 aromatic heterocycles. The van der Waals surface area contributed by atoms with Crippen LogP contribution in [0.15, 0.2) is 41.5 Å². The SMILES string of the molecule is O=c1[nH]c2cnccc2c2ccc(Cl)cc12. The van der Waals surface area contributed by atoms with E-state index in [1.165, 1.54) is 0 Å². The van der Waals surface area contributed by atoms with Gasteiger partial charge < -0.3 is 4.98 Å². The molecule has 0 amide bonds. The van der Waals surface area contributed by atoms with Crippen LogP contribution in [0.1, 0.15) is 0 Å². The second-order valence-corrected chi connectivity index (χ2v) is 4.00. The van der Waals surface area contributed by atoms with Crippen molar-refractivity contribution >= 4 is 33.3 Å². The van der Waals surface area contributed by atoms with Crippen LogP contribution in [0.4, 0.5) is 0 Å². The van der Waals surface area contributed by atoms with Crippen molar-refractivity contribution in [2.75, 3.05) is 0 Å². The minimum atomic E-state index is -0.141. The highest BCUT2D eigenvalue weighted by Gasteiger charge is 2.04. The predicted molar refractivity (Wildman–Crippen MR) is 64.9 cm³/mol. The van der Waals surface area contributed by atoms with E-state index in [9.17, 15) is 4.79 Å². The van der Waals surface area contributed by atoms with Crippen molar-refractivity contribution in [1.82, 2.24) is 9.97 Å². The van der Waals surface area contributed by atoms with Crippen molar-refractivity contribution in [2.24, 2.45) is 0 Å². The number of hydrogen-bond acceptors (Lipinski definition) is 2. The van der Waals surface area contributed by atoms with Crippen LogP contribution in [-0.4, -0.2) is 9.97 Å². The van der Waals surface area contributed by atoms with Gasteiger partial charge in [0.05, 0.1) is 11.7 Å². The average Bonchev–Trinajstić information content (AvgIpc) is 2.29. The van der Waals surface area contributed by atoms with E-state index in [2.05, 4.69) is 9.97 Å². The summed E-state index contributed by atoms with van der Waals surface area (Å²) in [7, 11) is 0. The molecule has 0 bridgehead atoms. The number of aromatic amines is 1. The zero-order valence-electron chi connectivity index (χ0n) is 8.20. The zero-order valence-corrected chi connectivity index (χ0v) is 8.95. The van der Waals surface area contributed by atoms with E-state index in [1.807, 2.05) is 12.1 Å². The van der Waals surface area contributed by atoms with E-state index in [0.717, 1.165) is 16.3 Å². The molecule has 1 aromatic carbocycles. The lowest BCUT2D eigenvalue weighted by atomic mass is 10.1. The molecular weight excluding hydrogens is 224 g/mol. The highest BCUT2D eigenvalue weighted by molar-refractivity contribution is 6.31. The number of nitrogens with one attached hydrogen (secondary N) is 1. The van der Waals surface area contributed by atoms with Crippen LogP contribution in [0.3, 0.4) is 0 Å². The Morgan fingerprint density at radius 1 is 1.12 bits per heavy atom. The maximum absolute atomic E-state index is 11.8. The van der Waals surface area contributed by atoms with Gasteiger partial charge in [0.1, 0.15) is 0 Å². The number of halogens is 1. The first-order valence-corrected chi connectivity index (χ1v) is 5.19. The highest BCUT2D eigenvalue weighted by Crippen LogP contribution is 2.22. The van der Waals surface area contributed by atoms with Gasteiger partial charge in [-0.25, -0.2) is 0 Å². The Bertz CT molecular complexity index is 749. The lowest BCUT2D eigenvalue weighted by Crippen LogP contribution is -2.06. The molecule has 0 radical (unpaired) electrons. The normalized spacial score (nSPS) is 11.1. The van der Waals surface area contributed by atoms with Gasteiger partial charge in [0.2, 0.25) is 0 Å². The topological polar surface area (TPSA) is 45.8 Å². The molecule has 78 valence electrons. The largest absolute Gasteiger partial charge is 0.320 e. The molecule has 3 rings (SSSR count). The first-order valence-electron chi connectivity index (χ1n) is 4.81. The Hall–Kier alpha value is -1.87. The van der Waals surface area contributed by atoms with E-state index in [4.69, 9.17) is 11.6 Å². The standard InChI is InChI=1S/C12H7ClN2O/c13-7-1-2-8-9-3-4-14-6-11(9)15-12(16)10(8)5-7/h1-6H,(H,15,16). The number of H-pyrrole nitrogens is 1. The molecular formula is C12H7ClN2O. The summed E-state index contributed by atoms with van der Waals surface area (Å²) >= 11 is 5.88. The average molecular weight is 231 g/mol. The van der Waals surface area contributed by atoms with Crippen molar-refractivity contribution in [3.8, 4) is 0 Å². The molecule has 0 spiro atoms. The maximum atomic E-state index is 11.8. The molecule has 1 N–H and O–H groups in total. The van der Waals surface area contributed by atoms with Gasteiger partial charge in [0, 0.05) is 22.0 Å². The third-order valence-corrected chi connectivity index (χ3v) is 2.82. The smallest absolute Gasteiger partial charge is 0.256 e. The molecule has 0 aliphatic carbocycles. The van der Waals surface area contributed by atoms with Crippen molar-refractivity contribution < 1.29 is 0 Å². The number of aromatic nitrogens is 2. The fraction of sp³-hybridized carbons (Fsp3) is 0. The predicted octanol–water partition coefficient (Wildman–Crippen LogP) is 2.73. The monoisotopic (exact) mass is 230 g/mol. The van der Waals surface area contributed by atoms with Crippen LogP contribution in [0.2, 0.25) is 5.02 Å². The Kier molecular flexibility index (Phi) is 1.94. The fourth-order valence-electron chi connectivity index (χ4n) is 1.86. The zero-order chi connectivity index (χ0) is 11.1. The van der Waals surface area contributed by atoms with Crippen molar-refractivity contribution in [3.05, 3.63) is 52.0 Å². The Morgan fingerprint density at radius 2 is 2.00 bits per heavy atom. The number of fused-ring (bicyclic) bond motifs is 3. The van der Waals surface area contributed by atoms with Gasteiger partial charge >= 0.3 is 0 Å². The van der Waals surface area contributed by atoms with E-state index < -0.39 is 0 Å². The lowest BCUT2D eigenvalue weighted by Gasteiger charge is -2.02. The van der Waals surface area contributed by atoms with Crippen LogP contribution in [0, 0.1) is 0 Å². The molecule has 3 nitrogen and oxygen atoms in total. The van der Waals surface area contributed by atoms with E-state index in [-0.39, 0.29) is 5.56 Å². The van der Waals surface area contributed by atoms with E-state index in [0.29, 0.717) is 10.4 Å². The molecule has 0 saturated heterocycles. The summed E-state index contributed by atoms with van der Waals surface area (Å²) in [5.74, 6) is 0. The van der Waals surface area contributed by atoms with Crippen LogP contribution in [0.25, 0.3) is 21.7 Å². The maximum Gasteiger partial charge on any atom is 0.256 e. The third-order valence-electron chi connectivity index (χ3n) is 2.59. The lowest BCUT2D eigenvalue weighted by molar-refractivity contribution is 1.29. The van der Waals surface area contributed by atoms with Gasteiger partial charge in [-0.1, -0.05) is 17.7 Å². The Labute approximate surface area is 95.7 Å². The number of benzene rings is 1. The molecule has 0 fully saturated rings. The molecule has 3 aromatic rings. The summed E-state index contributed by atoms with van der Waals surface area (Å²) in [6.45, 7) is 0. The summed E-state index contributed by atoms with van der Waals surface area (Å²) in [5.41, 5.74) is 0.598. The molecule has 4 heteroatoms. The Morgan fingerprint density at radius 3 is 2.88 bits per heavy atom. The van der Waals surface area contributed by atoms with Gasteiger partial charge in [-0.3, -0.25) is 9.78 Å². The summed E-state index contributed by atoms with van der Waals surface area (Å²) in [6, 6.07) is 7.19. The van der Waals surface area contributed by atoms with Crippen LogP contribution in [0.5, 0.6) is 0 Å². The van der Waals surface area contributed by atoms with Crippen molar-refractivity contribution in [3.63, 3.8) is 0 Å². The minimum absolute atomic E-state index is 0.141. The second-order valence-electron chi connectivity index (χ2n) is 3.57. The summed E-state index contributed by atoms with van der Waals surface area (Å²) in [5, 5.41) is 3.03. The number of hydrogen-bond donors (Lipinski definition) is 1. The van der Waals surface area contributed by atoms with E-state index >= 15 is 0 Å². The molecule has 0 unspecified atom stereocenters. The van der Waals surface area contributed by atoms with Gasteiger partial charge in [-0.2, -0.15) is 0 Å². The number of rotatable bonds is 0. The number of pyridine rings is 2. The summed E-state index contributed by atoms with van der Waals surface area (Å²) in [4.78, 5) is 18.6. The van der Waals surface area contributed by atoms with E-state index in [1.54, 1.807) is 24.5 Å². The van der Waals surface area contributed by atoms with Gasteiger partial charge in [0.25, 0.3) is 5.56 Å². The first kappa shape index (κ1) is 9.36. The number of nitrogens with zero attached hydrogens (tertiary/aromatic N) is 1. The van der Waals surface area contributed by atoms with Crippen molar-refractivity contribution in [1.29, 1.82) is 0 Å². The molecule has 0 aliphatic rings.